The van der Waals surface area contributed by atoms with Gasteiger partial charge in [-0.25, -0.2) is 9.69 Å². The van der Waals surface area contributed by atoms with E-state index in [1.165, 1.54) is 12.0 Å². The smallest absolute Gasteiger partial charge is 0.332 e. The summed E-state index contributed by atoms with van der Waals surface area (Å²) in [6, 6.07) is 6.62. The molecular weight excluding hydrogens is 334 g/mol. The van der Waals surface area contributed by atoms with Crippen LogP contribution in [0.5, 0.6) is 0 Å². The van der Waals surface area contributed by atoms with Crippen LogP contribution < -0.4 is 10.2 Å². The molecule has 1 aromatic rings. The Bertz CT molecular complexity index is 701. The first-order valence-corrected chi connectivity index (χ1v) is 8.95. The van der Waals surface area contributed by atoms with E-state index in [1.807, 2.05) is 24.3 Å². The Kier molecular flexibility index (Phi) is 5.27. The lowest BCUT2D eigenvalue weighted by molar-refractivity contribution is -0.127. The van der Waals surface area contributed by atoms with Crippen LogP contribution in [0.1, 0.15) is 38.2 Å². The summed E-state index contributed by atoms with van der Waals surface area (Å²) >= 11 is 0. The fourth-order valence-electron chi connectivity index (χ4n) is 3.58. The minimum atomic E-state index is -0.520. The molecule has 2 saturated heterocycles. The number of hydrogen-bond donors (Lipinski definition) is 1. The number of anilines is 1. The fraction of sp³-hybridized carbons (Fsp3) is 0.526. The molecule has 2 aliphatic heterocycles. The average molecular weight is 359 g/mol. The van der Waals surface area contributed by atoms with Crippen molar-refractivity contribution >= 4 is 23.5 Å². The van der Waals surface area contributed by atoms with Crippen molar-refractivity contribution < 1.29 is 19.1 Å². The highest BCUT2D eigenvalue weighted by Gasteiger charge is 2.48. The summed E-state index contributed by atoms with van der Waals surface area (Å²) < 4.78 is 4.82. The molecule has 0 aromatic heterocycles. The number of nitrogens with one attached hydrogen (secondary N) is 1. The van der Waals surface area contributed by atoms with Crippen molar-refractivity contribution in [2.75, 3.05) is 25.2 Å². The van der Waals surface area contributed by atoms with Crippen LogP contribution in [0.3, 0.4) is 0 Å². The van der Waals surface area contributed by atoms with Gasteiger partial charge >= 0.3 is 6.03 Å². The number of nitrogens with zero attached hydrogens (tertiary/aromatic N) is 2. The summed E-state index contributed by atoms with van der Waals surface area (Å²) in [6.07, 6.45) is 1.06. The number of fused-ring (bicyclic) bond motifs is 1. The molecule has 7 nitrogen and oxygen atoms in total. The maximum atomic E-state index is 12.9. The molecule has 4 amide bonds. The predicted molar refractivity (Wildman–Crippen MR) is 96.9 cm³/mol. The van der Waals surface area contributed by atoms with Gasteiger partial charge < -0.3 is 15.0 Å². The van der Waals surface area contributed by atoms with E-state index in [1.54, 1.807) is 4.90 Å². The molecule has 2 atom stereocenters. The van der Waals surface area contributed by atoms with E-state index in [-0.39, 0.29) is 30.5 Å². The molecule has 1 aromatic carbocycles. The van der Waals surface area contributed by atoms with Gasteiger partial charge in [-0.3, -0.25) is 9.59 Å². The second-order valence-electron chi connectivity index (χ2n) is 7.13. The SMILES string of the molecule is COCC(=O)N[C@H]1CCN2C(=O)N(c3ccc(C(C)C)cc3)C(=O)[C@@H]2C1. The molecule has 140 valence electrons. The molecule has 3 rings (SSSR count). The van der Waals surface area contributed by atoms with Crippen LogP contribution >= 0.6 is 0 Å². The topological polar surface area (TPSA) is 79.0 Å². The zero-order valence-corrected chi connectivity index (χ0v) is 15.4. The summed E-state index contributed by atoms with van der Waals surface area (Å²) in [4.78, 5) is 40.2. The average Bonchev–Trinajstić information content (AvgIpc) is 2.86. The zero-order valence-electron chi connectivity index (χ0n) is 15.4. The molecule has 2 aliphatic rings. The number of rotatable bonds is 5. The van der Waals surface area contributed by atoms with Gasteiger partial charge in [-0.15, -0.1) is 0 Å². The molecule has 2 heterocycles. The maximum absolute atomic E-state index is 12.9. The Balaban J connectivity index is 1.73. The molecule has 0 bridgehead atoms. The monoisotopic (exact) mass is 359 g/mol. The highest BCUT2D eigenvalue weighted by molar-refractivity contribution is 6.21. The largest absolute Gasteiger partial charge is 0.375 e. The van der Waals surface area contributed by atoms with Crippen molar-refractivity contribution in [3.63, 3.8) is 0 Å². The molecule has 0 unspecified atom stereocenters. The highest BCUT2D eigenvalue weighted by Crippen LogP contribution is 2.31. The molecule has 0 radical (unpaired) electrons. The Morgan fingerprint density at radius 2 is 1.96 bits per heavy atom. The first-order valence-electron chi connectivity index (χ1n) is 8.95. The number of urea groups is 1. The quantitative estimate of drug-likeness (QED) is 0.814. The molecular formula is C19H25N3O4. The normalized spacial score (nSPS) is 22.8. The summed E-state index contributed by atoms with van der Waals surface area (Å²) in [7, 11) is 1.46. The zero-order chi connectivity index (χ0) is 18.8. The van der Waals surface area contributed by atoms with Crippen molar-refractivity contribution in [1.29, 1.82) is 0 Å². The third kappa shape index (κ3) is 3.44. The molecule has 7 heteroatoms. The Hall–Kier alpha value is -2.41. The van der Waals surface area contributed by atoms with Crippen molar-refractivity contribution in [2.24, 2.45) is 0 Å². The predicted octanol–water partition coefficient (Wildman–Crippen LogP) is 1.87. The Labute approximate surface area is 153 Å². The maximum Gasteiger partial charge on any atom is 0.332 e. The third-order valence-corrected chi connectivity index (χ3v) is 5.00. The summed E-state index contributed by atoms with van der Waals surface area (Å²) in [5.41, 5.74) is 1.75. The Morgan fingerprint density at radius 3 is 2.58 bits per heavy atom. The standard InChI is InChI=1S/C19H25N3O4/c1-12(2)13-4-6-15(7-5-13)22-18(24)16-10-14(20-17(23)11-26-3)8-9-21(16)19(22)25/h4-7,12,14,16H,8-11H2,1-3H3,(H,20,23)/t14-,16-/m0/s1. The van der Waals surface area contributed by atoms with Crippen LogP contribution in [-0.2, 0) is 14.3 Å². The Morgan fingerprint density at radius 1 is 1.27 bits per heavy atom. The minimum Gasteiger partial charge on any atom is -0.375 e. The number of carbonyl (C=O) groups is 3. The lowest BCUT2D eigenvalue weighted by Crippen LogP contribution is -2.50. The molecule has 0 aliphatic carbocycles. The molecule has 1 N–H and O–H groups in total. The van der Waals surface area contributed by atoms with E-state index in [0.29, 0.717) is 31.0 Å². The van der Waals surface area contributed by atoms with Gasteiger partial charge in [-0.2, -0.15) is 0 Å². The molecule has 0 spiro atoms. The number of methoxy groups -OCH3 is 1. The van der Waals surface area contributed by atoms with E-state index in [2.05, 4.69) is 19.2 Å². The first-order chi connectivity index (χ1) is 12.4. The minimum absolute atomic E-state index is 0.00785. The number of carbonyl (C=O) groups excluding carboxylic acids is 3. The summed E-state index contributed by atoms with van der Waals surface area (Å²) in [5.74, 6) is -0.0429. The van der Waals surface area contributed by atoms with Crippen LogP contribution in [0.25, 0.3) is 0 Å². The lowest BCUT2D eigenvalue weighted by atomic mass is 9.98. The van der Waals surface area contributed by atoms with Crippen molar-refractivity contribution in [1.82, 2.24) is 10.2 Å². The highest BCUT2D eigenvalue weighted by atomic mass is 16.5. The number of piperidine rings is 1. The van der Waals surface area contributed by atoms with E-state index in [0.717, 1.165) is 5.56 Å². The van der Waals surface area contributed by atoms with Gasteiger partial charge in [0.25, 0.3) is 5.91 Å². The molecule has 26 heavy (non-hydrogen) atoms. The van der Waals surface area contributed by atoms with Crippen molar-refractivity contribution in [3.8, 4) is 0 Å². The third-order valence-electron chi connectivity index (χ3n) is 5.00. The van der Waals surface area contributed by atoms with Gasteiger partial charge in [0, 0.05) is 19.7 Å². The molecule has 2 fully saturated rings. The van der Waals surface area contributed by atoms with E-state index >= 15 is 0 Å². The van der Waals surface area contributed by atoms with Gasteiger partial charge in [0.05, 0.1) is 5.69 Å². The van der Waals surface area contributed by atoms with Crippen LogP contribution in [-0.4, -0.2) is 55.1 Å². The van der Waals surface area contributed by atoms with Crippen LogP contribution in [0.15, 0.2) is 24.3 Å². The number of benzene rings is 1. The van der Waals surface area contributed by atoms with Crippen molar-refractivity contribution in [3.05, 3.63) is 29.8 Å². The lowest BCUT2D eigenvalue weighted by Gasteiger charge is -2.32. The van der Waals surface area contributed by atoms with Crippen molar-refractivity contribution in [2.45, 2.75) is 44.7 Å². The second kappa shape index (κ2) is 7.45. The number of amides is 4. The van der Waals surface area contributed by atoms with Gasteiger partial charge in [0.1, 0.15) is 12.6 Å². The second-order valence-corrected chi connectivity index (χ2v) is 7.13. The van der Waals surface area contributed by atoms with Gasteiger partial charge in [0.15, 0.2) is 0 Å². The number of ether oxygens (including phenoxy) is 1. The van der Waals surface area contributed by atoms with Crippen LogP contribution in [0, 0.1) is 0 Å². The van der Waals surface area contributed by atoms with E-state index in [9.17, 15) is 14.4 Å². The number of imide groups is 1. The van der Waals surface area contributed by atoms with E-state index < -0.39 is 6.04 Å². The van der Waals surface area contributed by atoms with Crippen LogP contribution in [0.2, 0.25) is 0 Å². The van der Waals surface area contributed by atoms with Gasteiger partial charge in [-0.1, -0.05) is 26.0 Å². The van der Waals surface area contributed by atoms with E-state index in [4.69, 9.17) is 4.74 Å². The van der Waals surface area contributed by atoms with Crippen LogP contribution in [0.4, 0.5) is 10.5 Å². The first kappa shape index (κ1) is 18.4. The number of hydrogen-bond acceptors (Lipinski definition) is 4. The summed E-state index contributed by atoms with van der Waals surface area (Å²) in [6.45, 7) is 4.64. The van der Waals surface area contributed by atoms with Gasteiger partial charge in [-0.05, 0) is 36.5 Å². The summed E-state index contributed by atoms with van der Waals surface area (Å²) in [5, 5.41) is 2.87. The van der Waals surface area contributed by atoms with Gasteiger partial charge in [0.2, 0.25) is 5.91 Å². The fourth-order valence-corrected chi connectivity index (χ4v) is 3.58. The molecule has 0 saturated carbocycles.